The molecular weight excluding hydrogens is 242 g/mol. The molecule has 0 aliphatic carbocycles. The molecule has 20 heavy (non-hydrogen) atoms. The van der Waals surface area contributed by atoms with Crippen LogP contribution in [0.2, 0.25) is 0 Å². The Labute approximate surface area is 122 Å². The zero-order valence-corrected chi connectivity index (χ0v) is 12.3. The highest BCUT2D eigenvalue weighted by Gasteiger charge is 2.06. The van der Waals surface area contributed by atoms with Crippen LogP contribution in [0.3, 0.4) is 0 Å². The second kappa shape index (κ2) is 7.06. The second-order valence-corrected chi connectivity index (χ2v) is 5.33. The molecule has 1 heteroatoms. The summed E-state index contributed by atoms with van der Waals surface area (Å²) in [5.41, 5.74) is 10.8. The van der Waals surface area contributed by atoms with Crippen molar-refractivity contribution in [3.63, 3.8) is 0 Å². The van der Waals surface area contributed by atoms with Crippen LogP contribution in [0.4, 0.5) is 0 Å². The first-order valence-electron chi connectivity index (χ1n) is 7.28. The van der Waals surface area contributed by atoms with Gasteiger partial charge in [0, 0.05) is 0 Å². The lowest BCUT2D eigenvalue weighted by Gasteiger charge is -2.13. The van der Waals surface area contributed by atoms with Gasteiger partial charge in [0.2, 0.25) is 0 Å². The van der Waals surface area contributed by atoms with Crippen LogP contribution in [0, 0.1) is 5.92 Å². The molecule has 2 aromatic rings. The molecule has 0 aliphatic heterocycles. The van der Waals surface area contributed by atoms with Crippen molar-refractivity contribution < 1.29 is 0 Å². The maximum absolute atomic E-state index is 5.61. The van der Waals surface area contributed by atoms with Crippen LogP contribution in [0.25, 0.3) is 16.7 Å². The molecule has 0 atom stereocenters. The second-order valence-electron chi connectivity index (χ2n) is 5.33. The van der Waals surface area contributed by atoms with Crippen molar-refractivity contribution in [3.8, 4) is 11.1 Å². The molecule has 0 heterocycles. The van der Waals surface area contributed by atoms with Gasteiger partial charge in [-0.25, -0.2) is 0 Å². The van der Waals surface area contributed by atoms with Crippen molar-refractivity contribution in [1.29, 1.82) is 0 Å². The van der Waals surface area contributed by atoms with E-state index < -0.39 is 0 Å². The lowest BCUT2D eigenvalue weighted by Crippen LogP contribution is -1.99. The maximum atomic E-state index is 5.61. The molecule has 0 saturated heterocycles. The summed E-state index contributed by atoms with van der Waals surface area (Å²) >= 11 is 0. The third-order valence-electron chi connectivity index (χ3n) is 3.48. The van der Waals surface area contributed by atoms with Gasteiger partial charge < -0.3 is 5.73 Å². The Morgan fingerprint density at radius 3 is 2.10 bits per heavy atom. The Bertz CT molecular complexity index is 550. The maximum Gasteiger partial charge on any atom is -0.00424 e. The molecule has 0 radical (unpaired) electrons. The normalized spacial score (nSPS) is 11.9. The quantitative estimate of drug-likeness (QED) is 0.830. The highest BCUT2D eigenvalue weighted by molar-refractivity contribution is 5.71. The van der Waals surface area contributed by atoms with Gasteiger partial charge in [0.15, 0.2) is 0 Å². The zero-order valence-electron chi connectivity index (χ0n) is 12.3. The largest absolute Gasteiger partial charge is 0.330 e. The van der Waals surface area contributed by atoms with Gasteiger partial charge in [-0.1, -0.05) is 74.5 Å². The smallest absolute Gasteiger partial charge is 0.00424 e. The van der Waals surface area contributed by atoms with Crippen molar-refractivity contribution >= 4 is 5.57 Å². The molecule has 0 unspecified atom stereocenters. The van der Waals surface area contributed by atoms with Crippen LogP contribution in [-0.4, -0.2) is 6.54 Å². The SMILES string of the molecule is CC(C)/C(=C\CCN)c1ccc(-c2ccccc2)cc1. The lowest BCUT2D eigenvalue weighted by atomic mass is 9.93. The van der Waals surface area contributed by atoms with Gasteiger partial charge in [-0.3, -0.25) is 0 Å². The Morgan fingerprint density at radius 1 is 0.950 bits per heavy atom. The molecule has 0 spiro atoms. The summed E-state index contributed by atoms with van der Waals surface area (Å²) in [4.78, 5) is 0. The third kappa shape index (κ3) is 3.58. The Balaban J connectivity index is 2.27. The van der Waals surface area contributed by atoms with Crippen LogP contribution in [-0.2, 0) is 0 Å². The van der Waals surface area contributed by atoms with Crippen molar-refractivity contribution in [1.82, 2.24) is 0 Å². The van der Waals surface area contributed by atoms with Crippen LogP contribution in [0.15, 0.2) is 60.7 Å². The number of nitrogens with two attached hydrogens (primary N) is 1. The van der Waals surface area contributed by atoms with E-state index in [0.29, 0.717) is 12.5 Å². The number of benzene rings is 2. The molecule has 0 saturated carbocycles. The molecule has 0 aliphatic rings. The molecule has 104 valence electrons. The molecule has 0 bridgehead atoms. The first kappa shape index (κ1) is 14.5. The minimum atomic E-state index is 0.518. The summed E-state index contributed by atoms with van der Waals surface area (Å²) < 4.78 is 0. The van der Waals surface area contributed by atoms with E-state index in [9.17, 15) is 0 Å². The summed E-state index contributed by atoms with van der Waals surface area (Å²) in [6, 6.07) is 19.3. The summed E-state index contributed by atoms with van der Waals surface area (Å²) in [5, 5.41) is 0. The molecule has 0 amide bonds. The van der Waals surface area contributed by atoms with Crippen LogP contribution >= 0.6 is 0 Å². The fourth-order valence-electron chi connectivity index (χ4n) is 2.41. The van der Waals surface area contributed by atoms with Gasteiger partial charge >= 0.3 is 0 Å². The number of allylic oxidation sites excluding steroid dienone is 1. The molecular formula is C19H23N. The van der Waals surface area contributed by atoms with Crippen LogP contribution in [0.5, 0.6) is 0 Å². The number of hydrogen-bond acceptors (Lipinski definition) is 1. The summed E-state index contributed by atoms with van der Waals surface area (Å²) in [6.45, 7) is 5.17. The lowest BCUT2D eigenvalue weighted by molar-refractivity contribution is 0.847. The molecule has 2 N–H and O–H groups in total. The van der Waals surface area contributed by atoms with E-state index in [1.54, 1.807) is 0 Å². The zero-order chi connectivity index (χ0) is 14.4. The molecule has 2 rings (SSSR count). The van der Waals surface area contributed by atoms with E-state index in [4.69, 9.17) is 5.73 Å². The number of rotatable bonds is 5. The Kier molecular flexibility index (Phi) is 5.14. The number of hydrogen-bond donors (Lipinski definition) is 1. The predicted molar refractivity (Wildman–Crippen MR) is 88.4 cm³/mol. The van der Waals surface area contributed by atoms with Gasteiger partial charge in [-0.2, -0.15) is 0 Å². The van der Waals surface area contributed by atoms with Crippen molar-refractivity contribution in [3.05, 3.63) is 66.2 Å². The fraction of sp³-hybridized carbons (Fsp3) is 0.263. The van der Waals surface area contributed by atoms with Crippen molar-refractivity contribution in [2.75, 3.05) is 6.54 Å². The minimum absolute atomic E-state index is 0.518. The van der Waals surface area contributed by atoms with Gasteiger partial charge in [-0.05, 0) is 41.1 Å². The average molecular weight is 265 g/mol. The first-order valence-corrected chi connectivity index (χ1v) is 7.28. The van der Waals surface area contributed by atoms with Gasteiger partial charge in [0.25, 0.3) is 0 Å². The van der Waals surface area contributed by atoms with E-state index in [-0.39, 0.29) is 0 Å². The summed E-state index contributed by atoms with van der Waals surface area (Å²) in [7, 11) is 0. The summed E-state index contributed by atoms with van der Waals surface area (Å²) in [5.74, 6) is 0.518. The van der Waals surface area contributed by atoms with E-state index in [0.717, 1.165) is 6.42 Å². The van der Waals surface area contributed by atoms with E-state index >= 15 is 0 Å². The first-order chi connectivity index (χ1) is 9.72. The van der Waals surface area contributed by atoms with Crippen molar-refractivity contribution in [2.24, 2.45) is 11.7 Å². The molecule has 1 nitrogen and oxygen atoms in total. The van der Waals surface area contributed by atoms with Crippen molar-refractivity contribution in [2.45, 2.75) is 20.3 Å². The topological polar surface area (TPSA) is 26.0 Å². The van der Waals surface area contributed by atoms with E-state index in [1.165, 1.54) is 22.3 Å². The monoisotopic (exact) mass is 265 g/mol. The average Bonchev–Trinajstić information content (AvgIpc) is 2.49. The third-order valence-corrected chi connectivity index (χ3v) is 3.48. The van der Waals surface area contributed by atoms with Gasteiger partial charge in [0.1, 0.15) is 0 Å². The highest BCUT2D eigenvalue weighted by atomic mass is 14.5. The van der Waals surface area contributed by atoms with Crippen LogP contribution < -0.4 is 5.73 Å². The van der Waals surface area contributed by atoms with Crippen LogP contribution in [0.1, 0.15) is 25.8 Å². The Hall–Kier alpha value is -1.86. The fourth-order valence-corrected chi connectivity index (χ4v) is 2.41. The molecule has 2 aromatic carbocycles. The summed E-state index contributed by atoms with van der Waals surface area (Å²) in [6.07, 6.45) is 3.20. The Morgan fingerprint density at radius 2 is 1.55 bits per heavy atom. The standard InChI is InChI=1S/C19H23N/c1-15(2)19(9-6-14-20)18-12-10-17(11-13-18)16-7-4-3-5-8-16/h3-5,7-13,15H,6,14,20H2,1-2H3/b19-9+. The predicted octanol–water partition coefficient (Wildman–Crippen LogP) is 4.74. The van der Waals surface area contributed by atoms with Gasteiger partial charge in [-0.15, -0.1) is 0 Å². The van der Waals surface area contributed by atoms with E-state index in [2.05, 4.69) is 68.5 Å². The van der Waals surface area contributed by atoms with Gasteiger partial charge in [0.05, 0.1) is 0 Å². The minimum Gasteiger partial charge on any atom is -0.330 e. The van der Waals surface area contributed by atoms with E-state index in [1.807, 2.05) is 6.07 Å². The molecule has 0 fully saturated rings. The highest BCUT2D eigenvalue weighted by Crippen LogP contribution is 2.26. The molecule has 0 aromatic heterocycles.